The molecule has 1 atom stereocenters. The monoisotopic (exact) mass is 496 g/mol. The number of morpholine rings is 1. The van der Waals surface area contributed by atoms with E-state index in [2.05, 4.69) is 20.5 Å². The maximum absolute atomic E-state index is 10.7. The largest absolute Gasteiger partial charge is 0.469 e. The number of furan rings is 1. The zero-order valence-corrected chi connectivity index (χ0v) is 18.6. The number of guanidine groups is 1. The lowest BCUT2D eigenvalue weighted by molar-refractivity contribution is -0.0180. The molecule has 0 aromatic carbocycles. The molecule has 0 bridgehead atoms. The van der Waals surface area contributed by atoms with E-state index in [4.69, 9.17) is 13.9 Å². The first kappa shape index (κ1) is 24.2. The summed E-state index contributed by atoms with van der Waals surface area (Å²) in [5, 5.41) is 17.2. The van der Waals surface area contributed by atoms with Crippen molar-refractivity contribution < 1.29 is 19.0 Å². The summed E-state index contributed by atoms with van der Waals surface area (Å²) in [6, 6.07) is 3.83. The molecule has 156 valence electrons. The summed E-state index contributed by atoms with van der Waals surface area (Å²) in [5.41, 5.74) is -0.895. The van der Waals surface area contributed by atoms with E-state index in [-0.39, 0.29) is 24.0 Å². The van der Waals surface area contributed by atoms with E-state index in [9.17, 15) is 5.11 Å². The lowest BCUT2D eigenvalue weighted by atomic mass is 10.1. The van der Waals surface area contributed by atoms with Crippen LogP contribution in [0.25, 0.3) is 0 Å². The summed E-state index contributed by atoms with van der Waals surface area (Å²) in [6.07, 6.45) is 2.44. The quantitative estimate of drug-likeness (QED) is 0.190. The average molecular weight is 496 g/mol. The molecule has 2 heterocycles. The number of β-amino-alcohol motifs (C(OH)–C–C–N with tert-alkyl or cyclic N) is 1. The minimum Gasteiger partial charge on any atom is -0.469 e. The van der Waals surface area contributed by atoms with Gasteiger partial charge >= 0.3 is 0 Å². The van der Waals surface area contributed by atoms with Crippen molar-refractivity contribution in [2.75, 3.05) is 66.2 Å². The molecule has 1 aliphatic rings. The summed E-state index contributed by atoms with van der Waals surface area (Å²) in [4.78, 5) is 6.76. The molecule has 8 nitrogen and oxygen atoms in total. The van der Waals surface area contributed by atoms with Crippen molar-refractivity contribution in [2.24, 2.45) is 4.99 Å². The van der Waals surface area contributed by atoms with Crippen molar-refractivity contribution in [1.29, 1.82) is 0 Å². The van der Waals surface area contributed by atoms with E-state index in [1.807, 2.05) is 19.1 Å². The van der Waals surface area contributed by atoms with Crippen molar-refractivity contribution in [3.8, 4) is 0 Å². The molecule has 1 unspecified atom stereocenters. The van der Waals surface area contributed by atoms with Gasteiger partial charge in [0.15, 0.2) is 5.96 Å². The molecule has 0 spiro atoms. The highest BCUT2D eigenvalue weighted by Crippen LogP contribution is 2.09. The van der Waals surface area contributed by atoms with E-state index >= 15 is 0 Å². The Morgan fingerprint density at radius 2 is 2.07 bits per heavy atom. The Balaban J connectivity index is 0.00000364. The number of hydrogen-bond donors (Lipinski definition) is 3. The molecule has 2 rings (SSSR count). The first-order valence-corrected chi connectivity index (χ1v) is 9.15. The van der Waals surface area contributed by atoms with Crippen molar-refractivity contribution >= 4 is 29.9 Å². The van der Waals surface area contributed by atoms with Gasteiger partial charge in [0, 0.05) is 46.3 Å². The number of aliphatic imine (C=N–C) groups is 1. The minimum absolute atomic E-state index is 0. The number of nitrogens with zero attached hydrogens (tertiary/aromatic N) is 2. The zero-order valence-electron chi connectivity index (χ0n) is 16.3. The molecule has 1 aliphatic heterocycles. The van der Waals surface area contributed by atoms with Gasteiger partial charge in [-0.3, -0.25) is 9.89 Å². The van der Waals surface area contributed by atoms with E-state index in [0.29, 0.717) is 38.7 Å². The number of hydrogen-bond acceptors (Lipinski definition) is 6. The highest BCUT2D eigenvalue weighted by molar-refractivity contribution is 14.0. The number of ether oxygens (including phenoxy) is 2. The normalized spacial score (nSPS) is 17.8. The molecule has 1 aromatic heterocycles. The van der Waals surface area contributed by atoms with Crippen LogP contribution in [0, 0.1) is 0 Å². The third-order valence-electron chi connectivity index (χ3n) is 4.09. The van der Waals surface area contributed by atoms with Crippen LogP contribution < -0.4 is 10.6 Å². The first-order chi connectivity index (χ1) is 12.6. The van der Waals surface area contributed by atoms with Crippen LogP contribution in [0.3, 0.4) is 0 Å². The van der Waals surface area contributed by atoms with Crippen LogP contribution >= 0.6 is 24.0 Å². The Hall–Kier alpha value is -0.880. The van der Waals surface area contributed by atoms with Gasteiger partial charge in [-0.15, -0.1) is 24.0 Å². The molecule has 27 heavy (non-hydrogen) atoms. The molecule has 3 N–H and O–H groups in total. The molecule has 9 heteroatoms. The Bertz CT molecular complexity index is 519. The predicted molar refractivity (Wildman–Crippen MR) is 116 cm³/mol. The van der Waals surface area contributed by atoms with Gasteiger partial charge in [-0.1, -0.05) is 0 Å². The van der Waals surface area contributed by atoms with Crippen molar-refractivity contribution in [3.05, 3.63) is 24.2 Å². The molecular formula is C18H33IN4O4. The topological polar surface area (TPSA) is 91.5 Å². The summed E-state index contributed by atoms with van der Waals surface area (Å²) in [7, 11) is 1.66. The third kappa shape index (κ3) is 10.3. The minimum atomic E-state index is -0.895. The second-order valence-corrected chi connectivity index (χ2v) is 6.73. The zero-order chi connectivity index (χ0) is 18.7. The second kappa shape index (κ2) is 13.3. The van der Waals surface area contributed by atoms with Crippen LogP contribution in [0.2, 0.25) is 0 Å². The third-order valence-corrected chi connectivity index (χ3v) is 4.09. The van der Waals surface area contributed by atoms with Gasteiger partial charge < -0.3 is 29.6 Å². The molecule has 0 aliphatic carbocycles. The fourth-order valence-electron chi connectivity index (χ4n) is 2.75. The van der Waals surface area contributed by atoms with Crippen LogP contribution in [0.4, 0.5) is 0 Å². The van der Waals surface area contributed by atoms with Crippen molar-refractivity contribution in [1.82, 2.24) is 15.5 Å². The van der Waals surface area contributed by atoms with Crippen molar-refractivity contribution in [3.63, 3.8) is 0 Å². The summed E-state index contributed by atoms with van der Waals surface area (Å²) >= 11 is 0. The Labute approximate surface area is 178 Å². The summed E-state index contributed by atoms with van der Waals surface area (Å²) in [6.45, 7) is 7.78. The highest BCUT2D eigenvalue weighted by Gasteiger charge is 2.25. The maximum atomic E-state index is 10.7. The number of rotatable bonds is 10. The van der Waals surface area contributed by atoms with Gasteiger partial charge in [0.05, 0.1) is 38.2 Å². The van der Waals surface area contributed by atoms with Gasteiger partial charge in [0.25, 0.3) is 0 Å². The van der Waals surface area contributed by atoms with Gasteiger partial charge in [-0.05, 0) is 19.1 Å². The summed E-state index contributed by atoms with van der Waals surface area (Å²) < 4.78 is 15.8. The molecular weight excluding hydrogens is 463 g/mol. The van der Waals surface area contributed by atoms with Crippen molar-refractivity contribution in [2.45, 2.75) is 18.9 Å². The van der Waals surface area contributed by atoms with Gasteiger partial charge in [0.2, 0.25) is 0 Å². The lowest BCUT2D eigenvalue weighted by Crippen LogP contribution is -2.48. The van der Waals surface area contributed by atoms with E-state index in [1.54, 1.807) is 13.4 Å². The first-order valence-electron chi connectivity index (χ1n) is 9.15. The van der Waals surface area contributed by atoms with Gasteiger partial charge in [0.1, 0.15) is 5.76 Å². The van der Waals surface area contributed by atoms with E-state index in [1.165, 1.54) is 0 Å². The molecule has 1 saturated heterocycles. The van der Waals surface area contributed by atoms with E-state index in [0.717, 1.165) is 38.5 Å². The molecule has 0 saturated carbocycles. The van der Waals surface area contributed by atoms with Gasteiger partial charge in [-0.2, -0.15) is 0 Å². The number of halogens is 1. The fraction of sp³-hybridized carbons (Fsp3) is 0.722. The Morgan fingerprint density at radius 1 is 1.33 bits per heavy atom. The van der Waals surface area contributed by atoms with Gasteiger partial charge in [-0.25, -0.2) is 0 Å². The second-order valence-electron chi connectivity index (χ2n) is 6.73. The molecule has 1 fully saturated rings. The number of nitrogens with one attached hydrogen (secondary N) is 2. The molecule has 0 amide bonds. The lowest BCUT2D eigenvalue weighted by Gasteiger charge is -2.33. The molecule has 0 radical (unpaired) electrons. The van der Waals surface area contributed by atoms with Crippen LogP contribution in [-0.2, 0) is 15.9 Å². The molecule has 1 aromatic rings. The van der Waals surface area contributed by atoms with Crippen LogP contribution in [0.1, 0.15) is 12.7 Å². The van der Waals surface area contributed by atoms with Crippen LogP contribution in [-0.4, -0.2) is 87.8 Å². The highest BCUT2D eigenvalue weighted by atomic mass is 127. The smallest absolute Gasteiger partial charge is 0.191 e. The summed E-state index contributed by atoms with van der Waals surface area (Å²) in [5.74, 6) is 1.59. The standard InChI is InChI=1S/C18H32N4O4.HI/c1-18(23,15-22-8-12-25-13-9-22)14-21-17(20-7-11-24-2)19-6-5-16-4-3-10-26-16;/h3-4,10,23H,5-9,11-15H2,1-2H3,(H2,19,20,21);1H. The van der Waals surface area contributed by atoms with Crippen LogP contribution in [0.5, 0.6) is 0 Å². The average Bonchev–Trinajstić information content (AvgIpc) is 3.13. The fourth-order valence-corrected chi connectivity index (χ4v) is 2.75. The maximum Gasteiger partial charge on any atom is 0.191 e. The van der Waals surface area contributed by atoms with Crippen LogP contribution in [0.15, 0.2) is 27.8 Å². The Morgan fingerprint density at radius 3 is 2.74 bits per heavy atom. The predicted octanol–water partition coefficient (Wildman–Crippen LogP) is 0.705. The number of aliphatic hydroxyl groups is 1. The SMILES string of the molecule is COCCNC(=NCC(C)(O)CN1CCOCC1)NCCc1ccco1.I. The van der Waals surface area contributed by atoms with E-state index < -0.39 is 5.60 Å². The Kier molecular flexibility index (Phi) is 11.9. The number of methoxy groups -OCH3 is 1.